The van der Waals surface area contributed by atoms with Crippen molar-refractivity contribution in [2.24, 2.45) is 5.41 Å². The number of aromatic nitrogens is 1. The van der Waals surface area contributed by atoms with Crippen LogP contribution < -0.4 is 10.4 Å². The van der Waals surface area contributed by atoms with Crippen LogP contribution in [0.1, 0.15) is 20.8 Å². The van der Waals surface area contributed by atoms with Gasteiger partial charge in [0.05, 0.1) is 16.7 Å². The molecule has 0 bridgehead atoms. The number of hydrogen-bond donors (Lipinski definition) is 0. The van der Waals surface area contributed by atoms with Gasteiger partial charge in [0, 0.05) is 17.6 Å². The molecule has 0 amide bonds. The van der Waals surface area contributed by atoms with Crippen LogP contribution in [0.2, 0.25) is 0 Å². The van der Waals surface area contributed by atoms with Crippen LogP contribution in [0.25, 0.3) is 22.2 Å². The van der Waals surface area contributed by atoms with E-state index in [-0.39, 0.29) is 5.97 Å². The van der Waals surface area contributed by atoms with Crippen molar-refractivity contribution in [1.29, 1.82) is 0 Å². The molecule has 0 unspecified atom stereocenters. The summed E-state index contributed by atoms with van der Waals surface area (Å²) >= 11 is 0. The molecule has 0 radical (unpaired) electrons. The van der Waals surface area contributed by atoms with Gasteiger partial charge in [-0.2, -0.15) is 0 Å². The van der Waals surface area contributed by atoms with Crippen LogP contribution in [0.15, 0.2) is 57.9 Å². The molecule has 2 heterocycles. The smallest absolute Gasteiger partial charge is 0.345 e. The number of ether oxygens (including phenoxy) is 1. The largest absolute Gasteiger partial charge is 0.426 e. The second-order valence-electron chi connectivity index (χ2n) is 6.50. The zero-order chi connectivity index (χ0) is 17.3. The summed E-state index contributed by atoms with van der Waals surface area (Å²) in [5, 5.41) is 0.728. The normalized spacial score (nSPS) is 11.5. The number of fused-ring (bicyclic) bond motifs is 1. The van der Waals surface area contributed by atoms with Crippen LogP contribution >= 0.6 is 0 Å². The third-order valence-corrected chi connectivity index (χ3v) is 3.47. The van der Waals surface area contributed by atoms with E-state index in [9.17, 15) is 9.59 Å². The summed E-state index contributed by atoms with van der Waals surface area (Å²) in [5.74, 6) is -0.00883. The summed E-state index contributed by atoms with van der Waals surface area (Å²) in [5.41, 5.74) is 0.205. The monoisotopic (exact) mass is 323 g/mol. The van der Waals surface area contributed by atoms with Crippen molar-refractivity contribution in [1.82, 2.24) is 4.98 Å². The first-order chi connectivity index (χ1) is 11.3. The van der Waals surface area contributed by atoms with Gasteiger partial charge in [-0.3, -0.25) is 9.78 Å². The molecular weight excluding hydrogens is 306 g/mol. The standard InChI is InChI=1S/C19H17NO4/c1-19(2,3)18(22)23-13-8-7-12-10-14(15-6-4-5-9-20-15)17(21)24-16(12)11-13/h4-11H,1-3H3. The summed E-state index contributed by atoms with van der Waals surface area (Å²) < 4.78 is 10.7. The highest BCUT2D eigenvalue weighted by Gasteiger charge is 2.24. The van der Waals surface area contributed by atoms with Crippen LogP contribution in [0.4, 0.5) is 0 Å². The maximum atomic E-state index is 12.2. The maximum absolute atomic E-state index is 12.2. The number of pyridine rings is 1. The number of rotatable bonds is 2. The van der Waals surface area contributed by atoms with E-state index >= 15 is 0 Å². The first-order valence-corrected chi connectivity index (χ1v) is 7.56. The van der Waals surface area contributed by atoms with Crippen molar-refractivity contribution in [3.63, 3.8) is 0 Å². The lowest BCUT2D eigenvalue weighted by molar-refractivity contribution is -0.142. The molecule has 5 nitrogen and oxygen atoms in total. The van der Waals surface area contributed by atoms with Gasteiger partial charge >= 0.3 is 11.6 Å². The highest BCUT2D eigenvalue weighted by Crippen LogP contribution is 2.25. The van der Waals surface area contributed by atoms with Gasteiger partial charge in [-0.25, -0.2) is 4.79 Å². The molecule has 122 valence electrons. The number of carbonyl (C=O) groups is 1. The van der Waals surface area contributed by atoms with E-state index < -0.39 is 11.0 Å². The van der Waals surface area contributed by atoms with Crippen LogP contribution in [0, 0.1) is 5.41 Å². The van der Waals surface area contributed by atoms with Gasteiger partial charge in [0.1, 0.15) is 11.3 Å². The van der Waals surface area contributed by atoms with Crippen molar-refractivity contribution in [2.75, 3.05) is 0 Å². The van der Waals surface area contributed by atoms with Gasteiger partial charge in [-0.15, -0.1) is 0 Å². The maximum Gasteiger partial charge on any atom is 0.345 e. The zero-order valence-corrected chi connectivity index (χ0v) is 13.7. The first kappa shape index (κ1) is 15.9. The van der Waals surface area contributed by atoms with E-state index in [0.717, 1.165) is 5.39 Å². The minimum Gasteiger partial charge on any atom is -0.426 e. The topological polar surface area (TPSA) is 69.4 Å². The molecule has 3 aromatic rings. The molecular formula is C19H17NO4. The van der Waals surface area contributed by atoms with Crippen LogP contribution in [0.3, 0.4) is 0 Å². The van der Waals surface area contributed by atoms with Crippen molar-refractivity contribution in [3.05, 3.63) is 59.1 Å². The highest BCUT2D eigenvalue weighted by atomic mass is 16.5. The molecule has 0 spiro atoms. The number of hydrogen-bond acceptors (Lipinski definition) is 5. The second kappa shape index (κ2) is 5.92. The Bertz CT molecular complexity index is 953. The van der Waals surface area contributed by atoms with E-state index in [1.807, 2.05) is 0 Å². The van der Waals surface area contributed by atoms with Gasteiger partial charge in [0.25, 0.3) is 0 Å². The summed E-state index contributed by atoms with van der Waals surface area (Å²) in [7, 11) is 0. The number of nitrogens with zero attached hydrogens (tertiary/aromatic N) is 1. The lowest BCUT2D eigenvalue weighted by Crippen LogP contribution is -2.25. The van der Waals surface area contributed by atoms with Gasteiger partial charge in [0.15, 0.2) is 0 Å². The Morgan fingerprint density at radius 1 is 1.12 bits per heavy atom. The van der Waals surface area contributed by atoms with Gasteiger partial charge in [-0.05, 0) is 51.1 Å². The predicted molar refractivity (Wildman–Crippen MR) is 90.8 cm³/mol. The number of benzene rings is 1. The van der Waals surface area contributed by atoms with Gasteiger partial charge in [-0.1, -0.05) is 6.07 Å². The second-order valence-corrected chi connectivity index (χ2v) is 6.50. The minimum atomic E-state index is -0.612. The Hall–Kier alpha value is -2.95. The molecule has 2 aromatic heterocycles. The van der Waals surface area contributed by atoms with E-state index in [1.165, 1.54) is 0 Å². The van der Waals surface area contributed by atoms with Crippen molar-refractivity contribution in [2.45, 2.75) is 20.8 Å². The summed E-state index contributed by atoms with van der Waals surface area (Å²) in [6, 6.07) is 12.0. The molecule has 3 rings (SSSR count). The lowest BCUT2D eigenvalue weighted by Gasteiger charge is -2.16. The third-order valence-electron chi connectivity index (χ3n) is 3.47. The van der Waals surface area contributed by atoms with Crippen molar-refractivity contribution < 1.29 is 13.9 Å². The fourth-order valence-electron chi connectivity index (χ4n) is 2.12. The third kappa shape index (κ3) is 3.20. The molecule has 0 aliphatic carbocycles. The molecule has 0 aliphatic heterocycles. The van der Waals surface area contributed by atoms with E-state index in [4.69, 9.17) is 9.15 Å². The SMILES string of the molecule is CC(C)(C)C(=O)Oc1ccc2cc(-c3ccccn3)c(=O)oc2c1. The Morgan fingerprint density at radius 2 is 1.92 bits per heavy atom. The van der Waals surface area contributed by atoms with E-state index in [0.29, 0.717) is 22.6 Å². The fourth-order valence-corrected chi connectivity index (χ4v) is 2.12. The van der Waals surface area contributed by atoms with Crippen molar-refractivity contribution in [3.8, 4) is 17.0 Å². The van der Waals surface area contributed by atoms with Crippen LogP contribution in [-0.4, -0.2) is 11.0 Å². The predicted octanol–water partition coefficient (Wildman–Crippen LogP) is 3.81. The highest BCUT2D eigenvalue weighted by molar-refractivity contribution is 5.84. The quantitative estimate of drug-likeness (QED) is 0.407. The average Bonchev–Trinajstić information content (AvgIpc) is 2.54. The molecule has 0 fully saturated rings. The fraction of sp³-hybridized carbons (Fsp3) is 0.211. The Morgan fingerprint density at radius 3 is 2.58 bits per heavy atom. The number of carbonyl (C=O) groups excluding carboxylic acids is 1. The first-order valence-electron chi connectivity index (χ1n) is 7.56. The summed E-state index contributed by atoms with van der Waals surface area (Å²) in [6.07, 6.45) is 1.62. The minimum absolute atomic E-state index is 0.344. The Balaban J connectivity index is 2.01. The molecule has 0 atom stereocenters. The molecule has 5 heteroatoms. The van der Waals surface area contributed by atoms with Gasteiger partial charge < -0.3 is 9.15 Å². The van der Waals surface area contributed by atoms with Gasteiger partial charge in [0.2, 0.25) is 0 Å². The molecule has 1 aromatic carbocycles. The Labute approximate surface area is 138 Å². The van der Waals surface area contributed by atoms with E-state index in [1.54, 1.807) is 69.4 Å². The molecule has 0 N–H and O–H groups in total. The van der Waals surface area contributed by atoms with Crippen LogP contribution in [0.5, 0.6) is 5.75 Å². The summed E-state index contributed by atoms with van der Waals surface area (Å²) in [4.78, 5) is 28.3. The zero-order valence-electron chi connectivity index (χ0n) is 13.7. The lowest BCUT2D eigenvalue weighted by atomic mass is 9.97. The average molecular weight is 323 g/mol. The van der Waals surface area contributed by atoms with Crippen molar-refractivity contribution >= 4 is 16.9 Å². The molecule has 0 aliphatic rings. The summed E-state index contributed by atoms with van der Waals surface area (Å²) in [6.45, 7) is 5.32. The number of esters is 1. The van der Waals surface area contributed by atoms with Crippen LogP contribution in [-0.2, 0) is 4.79 Å². The Kier molecular flexibility index (Phi) is 3.93. The molecule has 24 heavy (non-hydrogen) atoms. The molecule has 0 saturated carbocycles. The van der Waals surface area contributed by atoms with E-state index in [2.05, 4.69) is 4.98 Å². The molecule has 0 saturated heterocycles.